The Balaban J connectivity index is 1.99. The normalized spacial score (nSPS) is 13.0. The van der Waals surface area contributed by atoms with Crippen LogP contribution >= 0.6 is 0 Å². The van der Waals surface area contributed by atoms with E-state index in [1.54, 1.807) is 0 Å². The van der Waals surface area contributed by atoms with Crippen molar-refractivity contribution in [3.05, 3.63) is 66.0 Å². The van der Waals surface area contributed by atoms with Crippen LogP contribution in [0.1, 0.15) is 45.1 Å². The molecule has 1 amide bonds. The summed E-state index contributed by atoms with van der Waals surface area (Å²) < 4.78 is 2.19. The van der Waals surface area contributed by atoms with E-state index in [0.29, 0.717) is 0 Å². The summed E-state index contributed by atoms with van der Waals surface area (Å²) in [4.78, 5) is 17.2. The van der Waals surface area contributed by atoms with Gasteiger partial charge in [-0.1, -0.05) is 63.2 Å². The molecule has 0 spiro atoms. The zero-order chi connectivity index (χ0) is 18.0. The number of amides is 1. The predicted octanol–water partition coefficient (Wildman–Crippen LogP) is 4.31. The Morgan fingerprint density at radius 2 is 1.72 bits per heavy atom. The Labute approximate surface area is 148 Å². The fourth-order valence-corrected chi connectivity index (χ4v) is 2.83. The van der Waals surface area contributed by atoms with Gasteiger partial charge in [0.2, 0.25) is 5.91 Å². The second-order valence-electron chi connectivity index (χ2n) is 7.48. The molecule has 0 aliphatic rings. The van der Waals surface area contributed by atoms with Gasteiger partial charge in [-0.15, -0.1) is 0 Å². The van der Waals surface area contributed by atoms with Crippen LogP contribution in [0.4, 0.5) is 0 Å². The average molecular weight is 335 g/mol. The highest BCUT2D eigenvalue weighted by Crippen LogP contribution is 2.23. The third-order valence-electron chi connectivity index (χ3n) is 4.28. The minimum Gasteiger partial charge on any atom is -0.346 e. The molecule has 4 nitrogen and oxygen atoms in total. The van der Waals surface area contributed by atoms with Gasteiger partial charge in [0.1, 0.15) is 5.82 Å². The van der Waals surface area contributed by atoms with E-state index in [-0.39, 0.29) is 11.9 Å². The molecule has 0 saturated heterocycles. The van der Waals surface area contributed by atoms with E-state index in [1.807, 2.05) is 64.1 Å². The molecule has 4 heteroatoms. The highest BCUT2D eigenvalue weighted by Gasteiger charge is 2.25. The average Bonchev–Trinajstić information content (AvgIpc) is 2.94. The van der Waals surface area contributed by atoms with Crippen LogP contribution in [-0.4, -0.2) is 15.5 Å². The molecule has 1 unspecified atom stereocenters. The highest BCUT2D eigenvalue weighted by molar-refractivity contribution is 5.82. The van der Waals surface area contributed by atoms with Crippen molar-refractivity contribution in [2.75, 3.05) is 0 Å². The third-order valence-corrected chi connectivity index (χ3v) is 4.28. The second-order valence-corrected chi connectivity index (χ2v) is 7.48. The molecule has 0 radical (unpaired) electrons. The van der Waals surface area contributed by atoms with E-state index in [0.717, 1.165) is 23.4 Å². The molecule has 1 aromatic heterocycles. The molecule has 25 heavy (non-hydrogen) atoms. The number of benzene rings is 2. The lowest BCUT2D eigenvalue weighted by Gasteiger charge is -2.22. The highest BCUT2D eigenvalue weighted by atomic mass is 16.2. The van der Waals surface area contributed by atoms with Crippen molar-refractivity contribution >= 4 is 16.9 Å². The van der Waals surface area contributed by atoms with Crippen molar-refractivity contribution in [2.45, 2.75) is 40.3 Å². The monoisotopic (exact) mass is 335 g/mol. The number of aromatic nitrogens is 2. The molecule has 130 valence electrons. The Kier molecular flexibility index (Phi) is 4.62. The lowest BCUT2D eigenvalue weighted by molar-refractivity contribution is -0.129. The maximum Gasteiger partial charge on any atom is 0.225 e. The first kappa shape index (κ1) is 17.2. The van der Waals surface area contributed by atoms with Gasteiger partial charge in [-0.05, 0) is 24.6 Å². The van der Waals surface area contributed by atoms with Crippen LogP contribution in [-0.2, 0) is 11.3 Å². The van der Waals surface area contributed by atoms with Gasteiger partial charge in [-0.2, -0.15) is 0 Å². The zero-order valence-corrected chi connectivity index (χ0v) is 15.3. The molecule has 0 aliphatic carbocycles. The molecule has 0 fully saturated rings. The van der Waals surface area contributed by atoms with Crippen LogP contribution in [0.5, 0.6) is 0 Å². The molecule has 3 rings (SSSR count). The van der Waals surface area contributed by atoms with Crippen molar-refractivity contribution in [1.29, 1.82) is 0 Å². The fraction of sp³-hybridized carbons (Fsp3) is 0.333. The van der Waals surface area contributed by atoms with Crippen LogP contribution in [0.3, 0.4) is 0 Å². The molecule has 1 N–H and O–H groups in total. The summed E-state index contributed by atoms with van der Waals surface area (Å²) in [6.45, 7) is 8.48. The summed E-state index contributed by atoms with van der Waals surface area (Å²) in [5.41, 5.74) is 2.81. The van der Waals surface area contributed by atoms with Gasteiger partial charge in [0, 0.05) is 12.0 Å². The van der Waals surface area contributed by atoms with Crippen LogP contribution in [0.15, 0.2) is 54.6 Å². The van der Waals surface area contributed by atoms with Gasteiger partial charge in [0.25, 0.3) is 0 Å². The van der Waals surface area contributed by atoms with Crippen molar-refractivity contribution in [1.82, 2.24) is 14.9 Å². The molecule has 1 heterocycles. The molecule has 0 bridgehead atoms. The summed E-state index contributed by atoms with van der Waals surface area (Å²) in [5.74, 6) is 0.904. The van der Waals surface area contributed by atoms with Crippen LogP contribution in [0.25, 0.3) is 11.0 Å². The Morgan fingerprint density at radius 1 is 1.08 bits per heavy atom. The lowest BCUT2D eigenvalue weighted by Crippen LogP contribution is -2.37. The predicted molar refractivity (Wildman–Crippen MR) is 101 cm³/mol. The number of carbonyl (C=O) groups excluding carboxylic acids is 1. The van der Waals surface area contributed by atoms with E-state index >= 15 is 0 Å². The van der Waals surface area contributed by atoms with Crippen LogP contribution in [0, 0.1) is 5.41 Å². The smallest absolute Gasteiger partial charge is 0.225 e. The lowest BCUT2D eigenvalue weighted by atomic mass is 9.95. The molecule has 3 aromatic rings. The van der Waals surface area contributed by atoms with Gasteiger partial charge in [-0.3, -0.25) is 4.79 Å². The van der Waals surface area contributed by atoms with E-state index in [2.05, 4.69) is 28.1 Å². The number of hydrogen-bond acceptors (Lipinski definition) is 2. The number of para-hydroxylation sites is 2. The van der Waals surface area contributed by atoms with E-state index in [9.17, 15) is 4.79 Å². The molecule has 1 atom stereocenters. The first-order valence-electron chi connectivity index (χ1n) is 8.66. The van der Waals surface area contributed by atoms with Gasteiger partial charge >= 0.3 is 0 Å². The minimum atomic E-state index is -0.426. The number of hydrogen-bond donors (Lipinski definition) is 1. The topological polar surface area (TPSA) is 46.9 Å². The number of rotatable bonds is 4. The quantitative estimate of drug-likeness (QED) is 0.772. The number of carbonyl (C=O) groups is 1. The number of imidazole rings is 1. The minimum absolute atomic E-state index is 0.0262. The van der Waals surface area contributed by atoms with Gasteiger partial charge in [0.15, 0.2) is 0 Å². The summed E-state index contributed by atoms with van der Waals surface area (Å²) in [7, 11) is 0. The molecule has 2 aromatic carbocycles. The van der Waals surface area contributed by atoms with Gasteiger partial charge in [-0.25, -0.2) is 4.98 Å². The third kappa shape index (κ3) is 3.73. The van der Waals surface area contributed by atoms with Crippen molar-refractivity contribution in [3.63, 3.8) is 0 Å². The van der Waals surface area contributed by atoms with Crippen molar-refractivity contribution in [3.8, 4) is 0 Å². The summed E-state index contributed by atoms with van der Waals surface area (Å²) in [6.07, 6.45) is 0. The standard InChI is InChI=1S/C21H25N3O/c1-15(22-20(25)21(2,3)4)19-23-17-12-8-9-13-18(17)24(19)14-16-10-6-5-7-11-16/h5-13,15H,14H2,1-4H3,(H,22,25). The van der Waals surface area contributed by atoms with Crippen LogP contribution in [0.2, 0.25) is 0 Å². The number of nitrogens with one attached hydrogen (secondary N) is 1. The molecular weight excluding hydrogens is 310 g/mol. The SMILES string of the molecule is CC(NC(=O)C(C)(C)C)c1nc2ccccc2n1Cc1ccccc1. The summed E-state index contributed by atoms with van der Waals surface area (Å²) in [5, 5.41) is 3.10. The molecule has 0 saturated carbocycles. The summed E-state index contributed by atoms with van der Waals surface area (Å²) >= 11 is 0. The van der Waals surface area contributed by atoms with Crippen molar-refractivity contribution in [2.24, 2.45) is 5.41 Å². The second kappa shape index (κ2) is 6.71. The van der Waals surface area contributed by atoms with E-state index < -0.39 is 5.41 Å². The molecular formula is C21H25N3O. The first-order chi connectivity index (χ1) is 11.9. The van der Waals surface area contributed by atoms with E-state index in [4.69, 9.17) is 4.98 Å². The van der Waals surface area contributed by atoms with Gasteiger partial charge in [0.05, 0.1) is 17.1 Å². The largest absolute Gasteiger partial charge is 0.346 e. The first-order valence-corrected chi connectivity index (χ1v) is 8.66. The number of nitrogens with zero attached hydrogens (tertiary/aromatic N) is 2. The van der Waals surface area contributed by atoms with Crippen molar-refractivity contribution < 1.29 is 4.79 Å². The maximum atomic E-state index is 12.4. The number of fused-ring (bicyclic) bond motifs is 1. The van der Waals surface area contributed by atoms with Gasteiger partial charge < -0.3 is 9.88 Å². The Morgan fingerprint density at radius 3 is 2.40 bits per heavy atom. The maximum absolute atomic E-state index is 12.4. The van der Waals surface area contributed by atoms with Crippen LogP contribution < -0.4 is 5.32 Å². The zero-order valence-electron chi connectivity index (χ0n) is 15.3. The van der Waals surface area contributed by atoms with E-state index in [1.165, 1.54) is 5.56 Å². The molecule has 0 aliphatic heterocycles. The summed E-state index contributed by atoms with van der Waals surface area (Å²) in [6, 6.07) is 18.3. The Bertz CT molecular complexity index is 875. The fourth-order valence-electron chi connectivity index (χ4n) is 2.83. The Hall–Kier alpha value is -2.62.